The minimum absolute atomic E-state index is 0.978. The summed E-state index contributed by atoms with van der Waals surface area (Å²) >= 11 is 0. The maximum Gasteiger partial charge on any atom is 0.0927 e. The van der Waals surface area contributed by atoms with E-state index in [0.717, 1.165) is 6.54 Å². The molecular weight excluding hydrogens is 124 g/mol. The average molecular weight is 138 g/mol. The molecule has 0 rings (SSSR count). The van der Waals surface area contributed by atoms with E-state index in [1.807, 2.05) is 6.07 Å². The van der Waals surface area contributed by atoms with Gasteiger partial charge in [0, 0.05) is 18.8 Å². The zero-order chi connectivity index (χ0) is 7.66. The minimum atomic E-state index is 0.978. The number of unbranched alkanes of at least 4 members (excludes halogenated alkanes) is 2. The van der Waals surface area contributed by atoms with Crippen LogP contribution in [0.1, 0.15) is 26.2 Å². The largest absolute Gasteiger partial charge is 0.390 e. The maximum absolute atomic E-state index is 8.09. The van der Waals surface area contributed by atoms with Crippen LogP contribution in [0, 0.1) is 11.3 Å². The summed E-state index contributed by atoms with van der Waals surface area (Å²) in [7, 11) is 0. The molecule has 0 spiro atoms. The van der Waals surface area contributed by atoms with Gasteiger partial charge in [0.25, 0.3) is 0 Å². The molecule has 0 saturated heterocycles. The number of hydrogen-bond donors (Lipinski definition) is 1. The average Bonchev–Trinajstić information content (AvgIpc) is 1.97. The van der Waals surface area contributed by atoms with Crippen molar-refractivity contribution in [2.24, 2.45) is 0 Å². The quantitative estimate of drug-likeness (QED) is 0.464. The van der Waals surface area contributed by atoms with Gasteiger partial charge >= 0.3 is 0 Å². The first-order valence-electron chi connectivity index (χ1n) is 3.69. The van der Waals surface area contributed by atoms with Crippen LogP contribution in [-0.4, -0.2) is 6.54 Å². The Morgan fingerprint density at radius 1 is 1.50 bits per heavy atom. The SMILES string of the molecule is CCCCCNC=CC#N. The van der Waals surface area contributed by atoms with Gasteiger partial charge in [-0.3, -0.25) is 0 Å². The van der Waals surface area contributed by atoms with Crippen molar-refractivity contribution < 1.29 is 0 Å². The highest BCUT2D eigenvalue weighted by molar-refractivity contribution is 5.00. The lowest BCUT2D eigenvalue weighted by Gasteiger charge is -1.96. The molecule has 2 heteroatoms. The van der Waals surface area contributed by atoms with Gasteiger partial charge in [0.2, 0.25) is 0 Å². The lowest BCUT2D eigenvalue weighted by Crippen LogP contribution is -2.05. The molecule has 0 atom stereocenters. The van der Waals surface area contributed by atoms with E-state index < -0.39 is 0 Å². The number of allylic oxidation sites excluding steroid dienone is 1. The van der Waals surface area contributed by atoms with Crippen LogP contribution in [0.5, 0.6) is 0 Å². The Morgan fingerprint density at radius 3 is 2.90 bits per heavy atom. The third-order valence-electron chi connectivity index (χ3n) is 1.20. The normalized spacial score (nSPS) is 9.60. The Hall–Kier alpha value is -0.970. The summed E-state index contributed by atoms with van der Waals surface area (Å²) < 4.78 is 0. The molecule has 0 radical (unpaired) electrons. The van der Waals surface area contributed by atoms with Crippen LogP contribution >= 0.6 is 0 Å². The Bertz CT molecular complexity index is 122. The predicted octanol–water partition coefficient (Wildman–Crippen LogP) is 1.80. The molecule has 0 aromatic carbocycles. The maximum atomic E-state index is 8.09. The summed E-state index contributed by atoms with van der Waals surface area (Å²) in [5.41, 5.74) is 0. The molecule has 1 N–H and O–H groups in total. The van der Waals surface area contributed by atoms with E-state index in [1.165, 1.54) is 25.3 Å². The Morgan fingerprint density at radius 2 is 2.30 bits per heavy atom. The third kappa shape index (κ3) is 7.03. The summed E-state index contributed by atoms with van der Waals surface area (Å²) in [6.07, 6.45) is 6.82. The molecule has 10 heavy (non-hydrogen) atoms. The number of nitrogens with one attached hydrogen (secondary N) is 1. The van der Waals surface area contributed by atoms with Crippen LogP contribution < -0.4 is 5.32 Å². The molecular formula is C8H14N2. The monoisotopic (exact) mass is 138 g/mol. The van der Waals surface area contributed by atoms with Crippen LogP contribution in [0.3, 0.4) is 0 Å². The van der Waals surface area contributed by atoms with Gasteiger partial charge in [-0.2, -0.15) is 5.26 Å². The van der Waals surface area contributed by atoms with E-state index in [0.29, 0.717) is 0 Å². The summed E-state index contributed by atoms with van der Waals surface area (Å²) in [5.74, 6) is 0. The zero-order valence-electron chi connectivity index (χ0n) is 6.43. The molecule has 0 aliphatic heterocycles. The number of rotatable bonds is 5. The van der Waals surface area contributed by atoms with Crippen molar-refractivity contribution in [3.63, 3.8) is 0 Å². The molecule has 0 heterocycles. The second kappa shape index (κ2) is 8.03. The smallest absolute Gasteiger partial charge is 0.0927 e. The van der Waals surface area contributed by atoms with Crippen LogP contribution in [-0.2, 0) is 0 Å². The molecule has 0 unspecified atom stereocenters. The van der Waals surface area contributed by atoms with Gasteiger partial charge < -0.3 is 5.32 Å². The van der Waals surface area contributed by atoms with Crippen LogP contribution in [0.4, 0.5) is 0 Å². The molecule has 0 aromatic heterocycles. The standard InChI is InChI=1S/C8H14N2/c1-2-3-4-7-10-8-5-6-9/h5,8,10H,2-4,7H2,1H3. The highest BCUT2D eigenvalue weighted by Crippen LogP contribution is 1.90. The minimum Gasteiger partial charge on any atom is -0.390 e. The van der Waals surface area contributed by atoms with Gasteiger partial charge in [0.05, 0.1) is 6.07 Å². The van der Waals surface area contributed by atoms with E-state index in [-0.39, 0.29) is 0 Å². The van der Waals surface area contributed by atoms with Gasteiger partial charge in [-0.15, -0.1) is 0 Å². The summed E-state index contributed by atoms with van der Waals surface area (Å²) in [6, 6.07) is 1.92. The first-order chi connectivity index (χ1) is 4.91. The Kier molecular flexibility index (Phi) is 7.25. The highest BCUT2D eigenvalue weighted by Gasteiger charge is 1.80. The van der Waals surface area contributed by atoms with Gasteiger partial charge in [0.15, 0.2) is 0 Å². The van der Waals surface area contributed by atoms with Gasteiger partial charge in [-0.05, 0) is 6.42 Å². The lowest BCUT2D eigenvalue weighted by molar-refractivity contribution is 0.683. The van der Waals surface area contributed by atoms with Crippen LogP contribution in [0.15, 0.2) is 12.3 Å². The van der Waals surface area contributed by atoms with Gasteiger partial charge in [0.1, 0.15) is 0 Å². The predicted molar refractivity (Wildman–Crippen MR) is 42.3 cm³/mol. The van der Waals surface area contributed by atoms with Crippen LogP contribution in [0.2, 0.25) is 0 Å². The van der Waals surface area contributed by atoms with Gasteiger partial charge in [-0.1, -0.05) is 19.8 Å². The molecule has 0 bridgehead atoms. The van der Waals surface area contributed by atoms with Crippen molar-refractivity contribution in [1.29, 1.82) is 5.26 Å². The highest BCUT2D eigenvalue weighted by atomic mass is 14.8. The summed E-state index contributed by atoms with van der Waals surface area (Å²) in [6.45, 7) is 3.15. The fourth-order valence-corrected chi connectivity index (χ4v) is 0.657. The number of nitrogens with zero attached hydrogens (tertiary/aromatic N) is 1. The Balaban J connectivity index is 2.92. The molecule has 0 aromatic rings. The van der Waals surface area contributed by atoms with Gasteiger partial charge in [-0.25, -0.2) is 0 Å². The van der Waals surface area contributed by atoms with Crippen molar-refractivity contribution in [3.05, 3.63) is 12.3 Å². The molecule has 0 saturated carbocycles. The molecule has 56 valence electrons. The topological polar surface area (TPSA) is 35.8 Å². The lowest BCUT2D eigenvalue weighted by atomic mass is 10.2. The summed E-state index contributed by atoms with van der Waals surface area (Å²) in [5, 5.41) is 11.1. The molecule has 0 aliphatic rings. The van der Waals surface area contributed by atoms with E-state index in [1.54, 1.807) is 6.20 Å². The number of hydrogen-bond acceptors (Lipinski definition) is 2. The molecule has 0 amide bonds. The first-order valence-corrected chi connectivity index (χ1v) is 3.69. The van der Waals surface area contributed by atoms with E-state index in [4.69, 9.17) is 5.26 Å². The van der Waals surface area contributed by atoms with Crippen molar-refractivity contribution in [2.45, 2.75) is 26.2 Å². The van der Waals surface area contributed by atoms with Crippen molar-refractivity contribution in [1.82, 2.24) is 5.32 Å². The zero-order valence-corrected chi connectivity index (χ0v) is 6.43. The fraction of sp³-hybridized carbons (Fsp3) is 0.625. The first kappa shape index (κ1) is 9.03. The number of nitriles is 1. The Labute approximate surface area is 62.5 Å². The van der Waals surface area contributed by atoms with E-state index >= 15 is 0 Å². The third-order valence-corrected chi connectivity index (χ3v) is 1.20. The van der Waals surface area contributed by atoms with E-state index in [9.17, 15) is 0 Å². The van der Waals surface area contributed by atoms with Crippen molar-refractivity contribution >= 4 is 0 Å². The second-order valence-electron chi connectivity index (χ2n) is 2.12. The van der Waals surface area contributed by atoms with Crippen LogP contribution in [0.25, 0.3) is 0 Å². The molecule has 0 fully saturated rings. The summed E-state index contributed by atoms with van der Waals surface area (Å²) in [4.78, 5) is 0. The molecule has 2 nitrogen and oxygen atoms in total. The molecule has 0 aliphatic carbocycles. The second-order valence-corrected chi connectivity index (χ2v) is 2.12. The van der Waals surface area contributed by atoms with Crippen molar-refractivity contribution in [3.8, 4) is 6.07 Å². The fourth-order valence-electron chi connectivity index (χ4n) is 0.657. The van der Waals surface area contributed by atoms with E-state index in [2.05, 4.69) is 12.2 Å². The van der Waals surface area contributed by atoms with Crippen molar-refractivity contribution in [2.75, 3.05) is 6.54 Å².